The Labute approximate surface area is 181 Å². The molecule has 0 fully saturated rings. The number of sulfonamides is 1. The number of nitrogens with one attached hydrogen (secondary N) is 3. The Kier molecular flexibility index (Phi) is 6.03. The van der Waals surface area contributed by atoms with Crippen LogP contribution >= 0.6 is 0 Å². The predicted octanol–water partition coefficient (Wildman–Crippen LogP) is 2.82. The van der Waals surface area contributed by atoms with Gasteiger partial charge in [0.15, 0.2) is 11.5 Å². The van der Waals surface area contributed by atoms with Gasteiger partial charge in [-0.25, -0.2) is 8.42 Å². The van der Waals surface area contributed by atoms with Gasteiger partial charge in [-0.05, 0) is 36.6 Å². The van der Waals surface area contributed by atoms with E-state index in [0.717, 1.165) is 24.6 Å². The van der Waals surface area contributed by atoms with Gasteiger partial charge in [-0.15, -0.1) is 0 Å². The fourth-order valence-corrected chi connectivity index (χ4v) is 4.14. The summed E-state index contributed by atoms with van der Waals surface area (Å²) in [6.07, 6.45) is 4.73. The molecule has 9 heteroatoms. The quantitative estimate of drug-likeness (QED) is 0.496. The Balaban J connectivity index is 1.24. The lowest BCUT2D eigenvalue weighted by Gasteiger charge is -2.27. The Morgan fingerprint density at radius 3 is 2.87 bits per heavy atom. The van der Waals surface area contributed by atoms with Gasteiger partial charge in [-0.3, -0.25) is 9.52 Å². The van der Waals surface area contributed by atoms with Crippen molar-refractivity contribution in [3.05, 3.63) is 54.2 Å². The number of H-pyrrole nitrogens is 1. The first-order valence-corrected chi connectivity index (χ1v) is 12.0. The monoisotopic (exact) mass is 443 g/mol. The first-order chi connectivity index (χ1) is 14.9. The van der Waals surface area contributed by atoms with Crippen LogP contribution in [0.3, 0.4) is 0 Å². The van der Waals surface area contributed by atoms with Gasteiger partial charge in [0.05, 0.1) is 18.5 Å². The number of aryl methyl sites for hydroxylation is 1. The minimum absolute atomic E-state index is 0.0401. The normalized spacial score (nSPS) is 15.6. The molecule has 0 saturated heterocycles. The summed E-state index contributed by atoms with van der Waals surface area (Å²) in [5, 5.41) is 4.08. The van der Waals surface area contributed by atoms with Crippen LogP contribution in [0.2, 0.25) is 0 Å². The van der Waals surface area contributed by atoms with Gasteiger partial charge >= 0.3 is 0 Å². The number of carbonyl (C=O) groups is 1. The minimum Gasteiger partial charge on any atom is -0.486 e. The van der Waals surface area contributed by atoms with Gasteiger partial charge in [0.1, 0.15) is 12.7 Å². The predicted molar refractivity (Wildman–Crippen MR) is 119 cm³/mol. The van der Waals surface area contributed by atoms with Crippen molar-refractivity contribution in [2.24, 2.45) is 0 Å². The van der Waals surface area contributed by atoms with Gasteiger partial charge in [-0.1, -0.05) is 18.2 Å². The smallest absolute Gasteiger partial charge is 0.229 e. The van der Waals surface area contributed by atoms with Crippen LogP contribution in [-0.4, -0.2) is 44.8 Å². The Morgan fingerprint density at radius 1 is 1.19 bits per heavy atom. The fraction of sp³-hybridized carbons (Fsp3) is 0.318. The highest BCUT2D eigenvalue weighted by Gasteiger charge is 2.22. The maximum absolute atomic E-state index is 12.2. The number of para-hydroxylation sites is 1. The summed E-state index contributed by atoms with van der Waals surface area (Å²) in [7, 11) is -3.38. The van der Waals surface area contributed by atoms with E-state index < -0.39 is 10.0 Å². The number of hydrogen-bond donors (Lipinski definition) is 3. The zero-order valence-electron chi connectivity index (χ0n) is 17.2. The van der Waals surface area contributed by atoms with Crippen LogP contribution in [0.4, 0.5) is 5.69 Å². The fourth-order valence-electron chi connectivity index (χ4n) is 3.59. The van der Waals surface area contributed by atoms with E-state index in [9.17, 15) is 13.2 Å². The van der Waals surface area contributed by atoms with Gasteiger partial charge in [0.25, 0.3) is 0 Å². The van der Waals surface area contributed by atoms with E-state index in [2.05, 4.69) is 21.1 Å². The summed E-state index contributed by atoms with van der Waals surface area (Å²) in [6, 6.07) is 13.0. The minimum atomic E-state index is -3.38. The number of anilines is 1. The van der Waals surface area contributed by atoms with E-state index in [-0.39, 0.29) is 12.0 Å². The highest BCUT2D eigenvalue weighted by Crippen LogP contribution is 2.34. The summed E-state index contributed by atoms with van der Waals surface area (Å²) in [4.78, 5) is 15.5. The zero-order valence-corrected chi connectivity index (χ0v) is 18.0. The zero-order chi connectivity index (χ0) is 21.8. The van der Waals surface area contributed by atoms with Crippen molar-refractivity contribution in [1.29, 1.82) is 0 Å². The molecular weight excluding hydrogens is 418 g/mol. The van der Waals surface area contributed by atoms with Crippen molar-refractivity contribution >= 4 is 32.5 Å². The van der Waals surface area contributed by atoms with E-state index in [1.807, 2.05) is 24.4 Å². The van der Waals surface area contributed by atoms with Crippen LogP contribution < -0.4 is 19.5 Å². The second-order valence-corrected chi connectivity index (χ2v) is 9.35. The van der Waals surface area contributed by atoms with Crippen molar-refractivity contribution in [2.45, 2.75) is 25.4 Å². The van der Waals surface area contributed by atoms with Crippen molar-refractivity contribution in [2.75, 3.05) is 24.1 Å². The second kappa shape index (κ2) is 8.89. The van der Waals surface area contributed by atoms with E-state index in [4.69, 9.17) is 9.47 Å². The average molecular weight is 444 g/mol. The SMILES string of the molecule is CS(=O)(=O)Nc1ccc2c(c1)OC(CNC(=O)CCCc1c[nH]c3ccccc13)CO2. The molecule has 1 aliphatic heterocycles. The van der Waals surface area contributed by atoms with Gasteiger partial charge in [0.2, 0.25) is 15.9 Å². The van der Waals surface area contributed by atoms with Crippen LogP contribution in [0, 0.1) is 0 Å². The molecule has 8 nitrogen and oxygen atoms in total. The number of carbonyl (C=O) groups excluding carboxylic acids is 1. The van der Waals surface area contributed by atoms with Crippen molar-refractivity contribution in [3.63, 3.8) is 0 Å². The number of benzene rings is 2. The number of amides is 1. The van der Waals surface area contributed by atoms with Crippen LogP contribution in [0.5, 0.6) is 11.5 Å². The van der Waals surface area contributed by atoms with Crippen LogP contribution in [0.1, 0.15) is 18.4 Å². The molecule has 0 bridgehead atoms. The summed E-state index contributed by atoms with van der Waals surface area (Å²) in [5.41, 5.74) is 2.71. The van der Waals surface area contributed by atoms with E-state index in [1.54, 1.807) is 18.2 Å². The summed E-state index contributed by atoms with van der Waals surface area (Å²) in [5.74, 6) is 0.945. The highest BCUT2D eigenvalue weighted by atomic mass is 32.2. The van der Waals surface area contributed by atoms with Crippen molar-refractivity contribution < 1.29 is 22.7 Å². The number of ether oxygens (including phenoxy) is 2. The highest BCUT2D eigenvalue weighted by molar-refractivity contribution is 7.92. The number of aromatic nitrogens is 1. The third-order valence-electron chi connectivity index (χ3n) is 5.02. The molecule has 2 heterocycles. The van der Waals surface area contributed by atoms with Gasteiger partial charge < -0.3 is 19.8 Å². The molecule has 1 atom stereocenters. The molecule has 31 heavy (non-hydrogen) atoms. The lowest BCUT2D eigenvalue weighted by atomic mass is 10.1. The van der Waals surface area contributed by atoms with Crippen LogP contribution in [0.15, 0.2) is 48.7 Å². The average Bonchev–Trinajstić information content (AvgIpc) is 3.14. The van der Waals surface area contributed by atoms with Gasteiger partial charge in [-0.2, -0.15) is 0 Å². The number of rotatable bonds is 8. The maximum atomic E-state index is 12.2. The van der Waals surface area contributed by atoms with Crippen LogP contribution in [-0.2, 0) is 21.2 Å². The van der Waals surface area contributed by atoms with Crippen LogP contribution in [0.25, 0.3) is 10.9 Å². The van der Waals surface area contributed by atoms with Gasteiger partial charge in [0, 0.05) is 29.6 Å². The standard InChI is InChI=1S/C22H25N3O5S/c1-31(27,28)25-16-9-10-20-21(11-16)30-17(14-29-20)13-24-22(26)8-4-5-15-12-23-19-7-3-2-6-18(15)19/h2-3,6-7,9-12,17,23,25H,4-5,8,13-14H2,1H3,(H,24,26). The molecule has 3 N–H and O–H groups in total. The summed E-state index contributed by atoms with van der Waals surface area (Å²) < 4.78 is 36.8. The van der Waals surface area contributed by atoms with E-state index in [1.165, 1.54) is 10.9 Å². The summed E-state index contributed by atoms with van der Waals surface area (Å²) >= 11 is 0. The molecule has 0 saturated carbocycles. The second-order valence-electron chi connectivity index (χ2n) is 7.60. The third-order valence-corrected chi connectivity index (χ3v) is 5.62. The molecule has 0 radical (unpaired) electrons. The Bertz CT molecular complexity index is 1190. The maximum Gasteiger partial charge on any atom is 0.229 e. The number of fused-ring (bicyclic) bond motifs is 2. The van der Waals surface area contributed by atoms with Crippen molar-refractivity contribution in [3.8, 4) is 11.5 Å². The first kappa shape index (κ1) is 21.0. The third kappa shape index (κ3) is 5.49. The molecule has 0 spiro atoms. The molecule has 1 aliphatic rings. The molecule has 1 aromatic heterocycles. The molecule has 4 rings (SSSR count). The number of aromatic amines is 1. The molecule has 164 valence electrons. The molecular formula is C22H25N3O5S. The molecule has 2 aromatic carbocycles. The topological polar surface area (TPSA) is 110 Å². The Morgan fingerprint density at radius 2 is 2.03 bits per heavy atom. The summed E-state index contributed by atoms with van der Waals surface area (Å²) in [6.45, 7) is 0.622. The Hall–Kier alpha value is -3.20. The van der Waals surface area contributed by atoms with E-state index in [0.29, 0.717) is 36.8 Å². The lowest BCUT2D eigenvalue weighted by molar-refractivity contribution is -0.121. The molecule has 3 aromatic rings. The molecule has 0 aliphatic carbocycles. The van der Waals surface area contributed by atoms with E-state index >= 15 is 0 Å². The number of hydrogen-bond acceptors (Lipinski definition) is 5. The largest absolute Gasteiger partial charge is 0.486 e. The molecule has 1 amide bonds. The van der Waals surface area contributed by atoms with Crippen molar-refractivity contribution in [1.82, 2.24) is 10.3 Å². The lowest BCUT2D eigenvalue weighted by Crippen LogP contribution is -2.40. The molecule has 1 unspecified atom stereocenters. The first-order valence-electron chi connectivity index (χ1n) is 10.1.